The fraction of sp³-hybridized carbons (Fsp3) is 0.261. The van der Waals surface area contributed by atoms with E-state index < -0.39 is 6.04 Å². The Labute approximate surface area is 217 Å². The van der Waals surface area contributed by atoms with Gasteiger partial charge in [-0.1, -0.05) is 84.2 Å². The highest BCUT2D eigenvalue weighted by Gasteiger charge is 2.27. The van der Waals surface area contributed by atoms with E-state index in [-0.39, 0.29) is 16.8 Å². The maximum absolute atomic E-state index is 13.0. The third-order valence-electron chi connectivity index (χ3n) is 4.84. The maximum atomic E-state index is 13.0. The second kappa shape index (κ2) is 11.6. The van der Waals surface area contributed by atoms with Gasteiger partial charge >= 0.3 is 0 Å². The predicted molar refractivity (Wildman–Crippen MR) is 138 cm³/mol. The standard InChI is InChI=1S/C23H22Cl4N4OS/c1-4-9-31-21(29-30-23(31)33-12-14-5-6-15(24)10-18(14)26)20(13(2)3)28-22(32)17-8-7-16(25)11-19(17)27/h4-8,10-11,13,20H,1,9,12H2,2-3H3,(H,28,32)/t20-/m1/s1. The van der Waals surface area contributed by atoms with E-state index >= 15 is 0 Å². The number of nitrogens with one attached hydrogen (secondary N) is 1. The van der Waals surface area contributed by atoms with E-state index in [2.05, 4.69) is 22.1 Å². The molecule has 1 N–H and O–H groups in total. The number of thioether (sulfide) groups is 1. The van der Waals surface area contributed by atoms with E-state index in [1.54, 1.807) is 36.4 Å². The van der Waals surface area contributed by atoms with Crippen LogP contribution in [0.25, 0.3) is 0 Å². The molecule has 0 aliphatic rings. The number of rotatable bonds is 9. The molecule has 5 nitrogen and oxygen atoms in total. The summed E-state index contributed by atoms with van der Waals surface area (Å²) in [7, 11) is 0. The molecule has 174 valence electrons. The summed E-state index contributed by atoms with van der Waals surface area (Å²) in [6.07, 6.45) is 1.77. The van der Waals surface area contributed by atoms with Crippen LogP contribution in [0.4, 0.5) is 0 Å². The van der Waals surface area contributed by atoms with Crippen molar-refractivity contribution in [1.82, 2.24) is 20.1 Å². The van der Waals surface area contributed by atoms with Gasteiger partial charge in [0.25, 0.3) is 5.91 Å². The van der Waals surface area contributed by atoms with Crippen LogP contribution in [-0.2, 0) is 12.3 Å². The fourth-order valence-corrected chi connectivity index (χ4v) is 5.15. The second-order valence-corrected chi connectivity index (χ2v) is 10.2. The Kier molecular flexibility index (Phi) is 9.13. The highest BCUT2D eigenvalue weighted by molar-refractivity contribution is 7.98. The van der Waals surface area contributed by atoms with Crippen molar-refractivity contribution in [1.29, 1.82) is 0 Å². The Bertz CT molecular complexity index is 1170. The van der Waals surface area contributed by atoms with Crippen LogP contribution >= 0.6 is 58.2 Å². The second-order valence-electron chi connectivity index (χ2n) is 7.58. The molecule has 3 rings (SSSR count). The number of halogens is 4. The Hall–Kier alpha value is -1.70. The van der Waals surface area contributed by atoms with Crippen LogP contribution < -0.4 is 5.32 Å². The zero-order valence-corrected chi connectivity index (χ0v) is 21.8. The molecule has 0 fully saturated rings. The SMILES string of the molecule is C=CCn1c(SCc2ccc(Cl)cc2Cl)nnc1[C@H](NC(=O)c1ccc(Cl)cc1Cl)C(C)C. The number of nitrogens with zero attached hydrogens (tertiary/aromatic N) is 3. The zero-order valence-electron chi connectivity index (χ0n) is 18.0. The molecule has 1 heterocycles. The lowest BCUT2D eigenvalue weighted by molar-refractivity contribution is 0.0922. The van der Waals surface area contributed by atoms with Gasteiger partial charge in [0, 0.05) is 27.4 Å². The summed E-state index contributed by atoms with van der Waals surface area (Å²) in [6.45, 7) is 8.34. The van der Waals surface area contributed by atoms with Crippen LogP contribution in [0.2, 0.25) is 20.1 Å². The Morgan fingerprint density at radius 3 is 2.36 bits per heavy atom. The van der Waals surface area contributed by atoms with Crippen molar-refractivity contribution < 1.29 is 4.79 Å². The van der Waals surface area contributed by atoms with Gasteiger partial charge in [-0.15, -0.1) is 16.8 Å². The summed E-state index contributed by atoms with van der Waals surface area (Å²) < 4.78 is 1.94. The highest BCUT2D eigenvalue weighted by Crippen LogP contribution is 2.31. The molecular formula is C23H22Cl4N4OS. The molecule has 0 radical (unpaired) electrons. The summed E-state index contributed by atoms with van der Waals surface area (Å²) in [5.74, 6) is 0.944. The van der Waals surface area contributed by atoms with Crippen molar-refractivity contribution in [3.63, 3.8) is 0 Å². The van der Waals surface area contributed by atoms with E-state index in [9.17, 15) is 4.79 Å². The van der Waals surface area contributed by atoms with Crippen LogP contribution in [0.1, 0.15) is 41.6 Å². The number of hydrogen-bond donors (Lipinski definition) is 1. The predicted octanol–water partition coefficient (Wildman–Crippen LogP) is 7.50. The van der Waals surface area contributed by atoms with E-state index in [1.807, 2.05) is 24.5 Å². The van der Waals surface area contributed by atoms with E-state index in [1.165, 1.54) is 11.8 Å². The van der Waals surface area contributed by atoms with Crippen LogP contribution in [0.15, 0.2) is 54.2 Å². The quantitative estimate of drug-likeness (QED) is 0.224. The van der Waals surface area contributed by atoms with Crippen LogP contribution in [0, 0.1) is 5.92 Å². The van der Waals surface area contributed by atoms with Crippen molar-refractivity contribution in [2.75, 3.05) is 0 Å². The van der Waals surface area contributed by atoms with Crippen molar-refractivity contribution >= 4 is 64.1 Å². The van der Waals surface area contributed by atoms with Gasteiger partial charge in [-0.25, -0.2) is 0 Å². The molecule has 0 saturated carbocycles. The summed E-state index contributed by atoms with van der Waals surface area (Å²) in [5.41, 5.74) is 1.28. The molecule has 33 heavy (non-hydrogen) atoms. The lowest BCUT2D eigenvalue weighted by Crippen LogP contribution is -2.34. The van der Waals surface area contributed by atoms with Crippen molar-refractivity contribution in [3.8, 4) is 0 Å². The lowest BCUT2D eigenvalue weighted by atomic mass is 10.0. The molecule has 10 heteroatoms. The minimum Gasteiger partial charge on any atom is -0.342 e. The lowest BCUT2D eigenvalue weighted by Gasteiger charge is -2.23. The summed E-state index contributed by atoms with van der Waals surface area (Å²) >= 11 is 26.0. The average molecular weight is 544 g/mol. The number of carbonyl (C=O) groups is 1. The van der Waals surface area contributed by atoms with Crippen molar-refractivity contribution in [2.24, 2.45) is 5.92 Å². The molecule has 0 unspecified atom stereocenters. The smallest absolute Gasteiger partial charge is 0.253 e. The number of hydrogen-bond acceptors (Lipinski definition) is 4. The molecule has 0 bridgehead atoms. The first-order valence-corrected chi connectivity index (χ1v) is 12.6. The summed E-state index contributed by atoms with van der Waals surface area (Å²) in [5, 5.41) is 14.4. The first-order valence-electron chi connectivity index (χ1n) is 10.1. The molecule has 0 aliphatic carbocycles. The minimum atomic E-state index is -0.398. The van der Waals surface area contributed by atoms with Gasteiger partial charge in [0.1, 0.15) is 0 Å². The van der Waals surface area contributed by atoms with Gasteiger partial charge in [-0.05, 0) is 41.8 Å². The number of carbonyl (C=O) groups excluding carboxylic acids is 1. The number of allylic oxidation sites excluding steroid dienone is 1. The fourth-order valence-electron chi connectivity index (χ4n) is 3.14. The van der Waals surface area contributed by atoms with Crippen molar-refractivity contribution in [3.05, 3.63) is 86.1 Å². The summed E-state index contributed by atoms with van der Waals surface area (Å²) in [4.78, 5) is 13.0. The molecule has 3 aromatic rings. The molecular weight excluding hydrogens is 522 g/mol. The minimum absolute atomic E-state index is 0.0383. The number of amides is 1. The number of benzene rings is 2. The first-order chi connectivity index (χ1) is 15.7. The third-order valence-corrected chi connectivity index (χ3v) is 6.99. The van der Waals surface area contributed by atoms with Gasteiger partial charge in [-0.3, -0.25) is 4.79 Å². The Balaban J connectivity index is 1.86. The normalized spacial score (nSPS) is 12.1. The third kappa shape index (κ3) is 6.46. The molecule has 2 aromatic carbocycles. The van der Waals surface area contributed by atoms with Crippen LogP contribution in [-0.4, -0.2) is 20.7 Å². The van der Waals surface area contributed by atoms with Gasteiger partial charge in [0.15, 0.2) is 11.0 Å². The molecule has 1 aromatic heterocycles. The largest absolute Gasteiger partial charge is 0.342 e. The molecule has 1 amide bonds. The Morgan fingerprint density at radius 1 is 1.09 bits per heavy atom. The zero-order chi connectivity index (χ0) is 24.1. The van der Waals surface area contributed by atoms with Gasteiger partial charge in [-0.2, -0.15) is 0 Å². The summed E-state index contributed by atoms with van der Waals surface area (Å²) in [6, 6.07) is 9.77. The van der Waals surface area contributed by atoms with E-state index in [0.717, 1.165) is 5.56 Å². The van der Waals surface area contributed by atoms with Crippen LogP contribution in [0.3, 0.4) is 0 Å². The molecule has 0 aliphatic heterocycles. The first kappa shape index (κ1) is 25.9. The van der Waals surface area contributed by atoms with E-state index in [0.29, 0.717) is 43.9 Å². The topological polar surface area (TPSA) is 59.8 Å². The monoisotopic (exact) mass is 542 g/mol. The van der Waals surface area contributed by atoms with Crippen LogP contribution in [0.5, 0.6) is 0 Å². The van der Waals surface area contributed by atoms with Gasteiger partial charge in [0.2, 0.25) is 0 Å². The molecule has 0 saturated heterocycles. The maximum Gasteiger partial charge on any atom is 0.253 e. The number of aromatic nitrogens is 3. The molecule has 1 atom stereocenters. The van der Waals surface area contributed by atoms with Gasteiger partial charge in [0.05, 0.1) is 16.6 Å². The van der Waals surface area contributed by atoms with Gasteiger partial charge < -0.3 is 9.88 Å². The van der Waals surface area contributed by atoms with Crippen molar-refractivity contribution in [2.45, 2.75) is 37.3 Å². The Morgan fingerprint density at radius 2 is 1.76 bits per heavy atom. The molecule has 0 spiro atoms. The highest BCUT2D eigenvalue weighted by atomic mass is 35.5. The van der Waals surface area contributed by atoms with E-state index in [4.69, 9.17) is 46.4 Å². The average Bonchev–Trinajstić information content (AvgIpc) is 3.13.